The first-order valence-electron chi connectivity index (χ1n) is 11.4. The van der Waals surface area contributed by atoms with Gasteiger partial charge in [-0.2, -0.15) is 0 Å². The number of likely N-dealkylation sites (tertiary alicyclic amines) is 1. The Morgan fingerprint density at radius 2 is 1.94 bits per heavy atom. The van der Waals surface area contributed by atoms with Crippen LogP contribution in [0.1, 0.15) is 46.6 Å². The number of pyridine rings is 1. The van der Waals surface area contributed by atoms with Crippen LogP contribution in [0.15, 0.2) is 67.4 Å². The van der Waals surface area contributed by atoms with Gasteiger partial charge in [0.2, 0.25) is 0 Å². The average Bonchev–Trinajstić information content (AvgIpc) is 3.38. The second-order valence-electron chi connectivity index (χ2n) is 8.79. The molecule has 1 amide bonds. The number of fused-ring (bicyclic) bond motifs is 1. The molecule has 4 heterocycles. The van der Waals surface area contributed by atoms with Crippen molar-refractivity contribution in [2.24, 2.45) is 5.92 Å². The molecule has 1 aliphatic rings. The van der Waals surface area contributed by atoms with Crippen molar-refractivity contribution in [2.45, 2.75) is 39.2 Å². The summed E-state index contributed by atoms with van der Waals surface area (Å²) in [5, 5.41) is 0. The van der Waals surface area contributed by atoms with E-state index < -0.39 is 0 Å². The topological polar surface area (TPSA) is 55.4 Å². The minimum absolute atomic E-state index is 0.144. The Bertz CT molecular complexity index is 1220. The molecule has 0 radical (unpaired) electrons. The number of aryl methyl sites for hydroxylation is 1. The van der Waals surface area contributed by atoms with Crippen molar-refractivity contribution < 1.29 is 4.79 Å². The highest BCUT2D eigenvalue weighted by molar-refractivity contribution is 5.94. The van der Waals surface area contributed by atoms with E-state index in [1.54, 1.807) is 0 Å². The van der Waals surface area contributed by atoms with E-state index in [2.05, 4.69) is 37.1 Å². The van der Waals surface area contributed by atoms with Gasteiger partial charge in [0.1, 0.15) is 11.5 Å². The van der Waals surface area contributed by atoms with E-state index in [1.165, 1.54) is 5.56 Å². The maximum atomic E-state index is 13.3. The first-order chi connectivity index (χ1) is 15.7. The number of benzene rings is 1. The van der Waals surface area contributed by atoms with E-state index in [9.17, 15) is 4.79 Å². The number of rotatable bonds is 5. The summed E-state index contributed by atoms with van der Waals surface area (Å²) >= 11 is 0. The quantitative estimate of drug-likeness (QED) is 0.475. The van der Waals surface area contributed by atoms with Gasteiger partial charge < -0.3 is 13.9 Å². The zero-order valence-corrected chi connectivity index (χ0v) is 18.5. The van der Waals surface area contributed by atoms with Crippen molar-refractivity contribution in [3.05, 3.63) is 89.9 Å². The van der Waals surface area contributed by atoms with Crippen LogP contribution < -0.4 is 0 Å². The van der Waals surface area contributed by atoms with E-state index in [-0.39, 0.29) is 5.91 Å². The molecular formula is C26H29N5O. The zero-order valence-electron chi connectivity index (χ0n) is 18.5. The Hall–Kier alpha value is -3.41. The molecule has 0 spiro atoms. The molecule has 0 bridgehead atoms. The van der Waals surface area contributed by atoms with Crippen molar-refractivity contribution in [3.8, 4) is 0 Å². The predicted molar refractivity (Wildman–Crippen MR) is 125 cm³/mol. The smallest absolute Gasteiger partial charge is 0.253 e. The Morgan fingerprint density at radius 1 is 1.03 bits per heavy atom. The molecule has 5 rings (SSSR count). The van der Waals surface area contributed by atoms with Crippen molar-refractivity contribution in [1.82, 2.24) is 23.8 Å². The predicted octanol–water partition coefficient (Wildman–Crippen LogP) is 4.37. The lowest BCUT2D eigenvalue weighted by atomic mass is 9.93. The molecule has 0 saturated carbocycles. The van der Waals surface area contributed by atoms with Gasteiger partial charge in [0, 0.05) is 56.2 Å². The van der Waals surface area contributed by atoms with E-state index >= 15 is 0 Å². The van der Waals surface area contributed by atoms with Crippen molar-refractivity contribution in [2.75, 3.05) is 13.1 Å². The van der Waals surface area contributed by atoms with Gasteiger partial charge in [-0.25, -0.2) is 9.97 Å². The molecule has 3 aromatic heterocycles. The highest BCUT2D eigenvalue weighted by atomic mass is 16.2. The highest BCUT2D eigenvalue weighted by Gasteiger charge is 2.22. The van der Waals surface area contributed by atoms with Gasteiger partial charge in [0.15, 0.2) is 0 Å². The third-order valence-electron chi connectivity index (χ3n) is 6.59. The van der Waals surface area contributed by atoms with Crippen molar-refractivity contribution in [3.63, 3.8) is 0 Å². The number of hydrogen-bond acceptors (Lipinski definition) is 3. The fourth-order valence-corrected chi connectivity index (χ4v) is 4.80. The van der Waals surface area contributed by atoms with Crippen molar-refractivity contribution in [1.29, 1.82) is 0 Å². The molecular weight excluding hydrogens is 398 g/mol. The normalized spacial score (nSPS) is 16.9. The lowest BCUT2D eigenvalue weighted by Gasteiger charge is -2.21. The Morgan fingerprint density at radius 3 is 2.81 bits per heavy atom. The fourth-order valence-electron chi connectivity index (χ4n) is 4.80. The maximum absolute atomic E-state index is 13.3. The number of nitrogens with zero attached hydrogens (tertiary/aromatic N) is 5. The molecule has 164 valence electrons. The van der Waals surface area contributed by atoms with Crippen molar-refractivity contribution >= 4 is 11.6 Å². The van der Waals surface area contributed by atoms with Crippen LogP contribution in [0.3, 0.4) is 0 Å². The van der Waals surface area contributed by atoms with Gasteiger partial charge in [-0.1, -0.05) is 18.2 Å². The van der Waals surface area contributed by atoms with E-state index in [4.69, 9.17) is 0 Å². The molecule has 1 aromatic carbocycles. The first kappa shape index (κ1) is 20.5. The summed E-state index contributed by atoms with van der Waals surface area (Å²) in [6.45, 7) is 4.36. The lowest BCUT2D eigenvalue weighted by molar-refractivity contribution is 0.0760. The number of hydrogen-bond donors (Lipinski definition) is 0. The summed E-state index contributed by atoms with van der Waals surface area (Å²) < 4.78 is 4.18. The number of aromatic nitrogens is 4. The second-order valence-corrected chi connectivity index (χ2v) is 8.79. The van der Waals surface area contributed by atoms with E-state index in [1.807, 2.05) is 61.0 Å². The summed E-state index contributed by atoms with van der Waals surface area (Å²) in [7, 11) is 0. The first-order valence-corrected chi connectivity index (χ1v) is 11.4. The molecule has 1 fully saturated rings. The average molecular weight is 428 g/mol. The third kappa shape index (κ3) is 4.31. The second kappa shape index (κ2) is 8.99. The molecule has 6 heteroatoms. The van der Waals surface area contributed by atoms with E-state index in [0.29, 0.717) is 5.92 Å². The number of amides is 1. The Kier molecular flexibility index (Phi) is 5.75. The molecule has 6 nitrogen and oxygen atoms in total. The summed E-state index contributed by atoms with van der Waals surface area (Å²) in [4.78, 5) is 24.1. The van der Waals surface area contributed by atoms with Gasteiger partial charge in [0.25, 0.3) is 5.91 Å². The molecule has 0 unspecified atom stereocenters. The van der Waals surface area contributed by atoms with Crippen LogP contribution in [-0.4, -0.2) is 42.8 Å². The molecule has 1 aliphatic heterocycles. The SMILES string of the molecule is Cc1nccn1Cc1cccc(C(=O)N2CCC[C@H](Cc3cccn4ccnc34)CC2)c1. The molecule has 1 saturated heterocycles. The lowest BCUT2D eigenvalue weighted by Crippen LogP contribution is -2.32. The number of carbonyl (C=O) groups is 1. The zero-order chi connectivity index (χ0) is 21.9. The number of carbonyl (C=O) groups excluding carboxylic acids is 1. The minimum atomic E-state index is 0.144. The fraction of sp³-hybridized carbons (Fsp3) is 0.346. The van der Waals surface area contributed by atoms with Gasteiger partial charge in [-0.05, 0) is 67.9 Å². The maximum Gasteiger partial charge on any atom is 0.253 e. The standard InChI is InChI=1S/C26H29N5O/c1-20-27-10-16-31(20)19-22-5-2-7-24(18-22)26(32)30-13-3-6-21(9-14-30)17-23-8-4-12-29-15-11-28-25(23)29/h2,4-5,7-8,10-12,15-16,18,21H,3,6,9,13-14,17,19H2,1H3/t21-/m0/s1. The van der Waals surface area contributed by atoms with Crippen LogP contribution >= 0.6 is 0 Å². The van der Waals surface area contributed by atoms with Crippen LogP contribution in [0.4, 0.5) is 0 Å². The Labute approximate surface area is 188 Å². The van der Waals surface area contributed by atoms with Gasteiger partial charge in [0.05, 0.1) is 0 Å². The van der Waals surface area contributed by atoms with Crippen LogP contribution in [0.2, 0.25) is 0 Å². The molecule has 4 aromatic rings. The van der Waals surface area contributed by atoms with Crippen LogP contribution in [0, 0.1) is 12.8 Å². The minimum Gasteiger partial charge on any atom is -0.339 e. The summed E-state index contributed by atoms with van der Waals surface area (Å²) in [6.07, 6.45) is 13.9. The van der Waals surface area contributed by atoms with Gasteiger partial charge >= 0.3 is 0 Å². The van der Waals surface area contributed by atoms with Crippen LogP contribution in [0.25, 0.3) is 5.65 Å². The molecule has 0 N–H and O–H groups in total. The molecule has 32 heavy (non-hydrogen) atoms. The number of imidazole rings is 2. The van der Waals surface area contributed by atoms with Crippen LogP contribution in [-0.2, 0) is 13.0 Å². The third-order valence-corrected chi connectivity index (χ3v) is 6.59. The summed E-state index contributed by atoms with van der Waals surface area (Å²) in [5.74, 6) is 1.70. The molecule has 1 atom stereocenters. The van der Waals surface area contributed by atoms with Crippen LogP contribution in [0.5, 0.6) is 0 Å². The summed E-state index contributed by atoms with van der Waals surface area (Å²) in [6, 6.07) is 12.3. The Balaban J connectivity index is 1.24. The monoisotopic (exact) mass is 427 g/mol. The van der Waals surface area contributed by atoms with Gasteiger partial charge in [-0.3, -0.25) is 4.79 Å². The summed E-state index contributed by atoms with van der Waals surface area (Å²) in [5.41, 5.74) is 4.25. The van der Waals surface area contributed by atoms with Gasteiger partial charge in [-0.15, -0.1) is 0 Å². The molecule has 0 aliphatic carbocycles. The largest absolute Gasteiger partial charge is 0.339 e. The van der Waals surface area contributed by atoms with E-state index in [0.717, 1.165) is 67.9 Å². The highest BCUT2D eigenvalue weighted by Crippen LogP contribution is 2.24.